The molecule has 5 heteroatoms. The lowest BCUT2D eigenvalue weighted by Gasteiger charge is -1.95. The molecule has 4 aromatic heterocycles. The Hall–Kier alpha value is -2.69. The first-order valence-electron chi connectivity index (χ1n) is 7.90. The van der Waals surface area contributed by atoms with Crippen molar-refractivity contribution >= 4 is 16.7 Å². The molecule has 0 radical (unpaired) electrons. The Morgan fingerprint density at radius 3 is 3.35 bits per heavy atom. The number of fused-ring (bicyclic) bond motifs is 7. The van der Waals surface area contributed by atoms with Crippen LogP contribution in [0.15, 0.2) is 43.0 Å². The molecule has 0 N–H and O–H groups in total. The van der Waals surface area contributed by atoms with E-state index >= 15 is 0 Å². The summed E-state index contributed by atoms with van der Waals surface area (Å²) in [6.45, 7) is -1.70. The maximum absolute atomic E-state index is 7.99. The smallest absolute Gasteiger partial charge is 0.258 e. The van der Waals surface area contributed by atoms with Crippen molar-refractivity contribution in [3.8, 4) is 11.4 Å². The third kappa shape index (κ3) is 1.02. The minimum atomic E-state index is -2.27. The highest BCUT2D eigenvalue weighted by Crippen LogP contribution is 2.30. The van der Waals surface area contributed by atoms with Crippen molar-refractivity contribution in [3.63, 3.8) is 0 Å². The van der Waals surface area contributed by atoms with Crippen LogP contribution in [0.5, 0.6) is 0 Å². The number of hydrogen-bond donors (Lipinski definition) is 0. The second-order valence-corrected chi connectivity index (χ2v) is 4.97. The highest BCUT2D eigenvalue weighted by molar-refractivity contribution is 5.82. The summed E-state index contributed by atoms with van der Waals surface area (Å²) in [6, 6.07) is 5.64. The molecule has 0 bridgehead atoms. The van der Waals surface area contributed by atoms with Crippen LogP contribution in [0.1, 0.15) is 9.81 Å². The Balaban J connectivity index is 2.01. The summed E-state index contributed by atoms with van der Waals surface area (Å²) in [7, 11) is 0. The van der Waals surface area contributed by atoms with E-state index in [1.54, 1.807) is 18.6 Å². The van der Waals surface area contributed by atoms with Crippen LogP contribution in [0.25, 0.3) is 28.1 Å². The molecular weight excluding hydrogens is 250 g/mol. The molecule has 0 fully saturated rings. The molecule has 0 aliphatic carbocycles. The van der Waals surface area contributed by atoms with Gasteiger partial charge in [-0.25, -0.2) is 8.97 Å². The molecule has 0 saturated heterocycles. The number of nitrogens with zero attached hydrogens (tertiary/aromatic N) is 5. The standard InChI is InChI=1S/C15H12N5/c1-18-13-7-10-8-16-5-6-19(10)15(13)20-9-12-11(14(18)20)3-2-4-17-12/h2-8H,9H2,1H3/q+1/i1D3. The SMILES string of the molecule is [2H]C([2H])([2H])n1c2[n+](c3c1cc1cnccn13)Cc1ncccc1-2. The number of rotatable bonds is 0. The number of pyridine rings is 1. The molecular formula is C15H12N5+. The molecule has 1 aliphatic heterocycles. The second kappa shape index (κ2) is 3.25. The maximum atomic E-state index is 7.99. The predicted octanol–water partition coefficient (Wildman–Crippen LogP) is 1.54. The van der Waals surface area contributed by atoms with Gasteiger partial charge in [-0.1, -0.05) is 0 Å². The van der Waals surface area contributed by atoms with Gasteiger partial charge in [0.15, 0.2) is 5.52 Å². The van der Waals surface area contributed by atoms with Gasteiger partial charge < -0.3 is 0 Å². The third-order valence-electron chi connectivity index (χ3n) is 3.93. The second-order valence-electron chi connectivity index (χ2n) is 4.97. The van der Waals surface area contributed by atoms with E-state index in [4.69, 9.17) is 4.11 Å². The van der Waals surface area contributed by atoms with E-state index in [2.05, 4.69) is 9.97 Å². The average molecular weight is 265 g/mol. The monoisotopic (exact) mass is 265 g/mol. The highest BCUT2D eigenvalue weighted by atomic mass is 15.2. The van der Waals surface area contributed by atoms with Crippen LogP contribution >= 0.6 is 0 Å². The molecule has 20 heavy (non-hydrogen) atoms. The van der Waals surface area contributed by atoms with Crippen molar-refractivity contribution in [2.75, 3.05) is 0 Å². The molecule has 5 rings (SSSR count). The van der Waals surface area contributed by atoms with Gasteiger partial charge in [0.05, 0.1) is 40.9 Å². The van der Waals surface area contributed by atoms with Gasteiger partial charge in [-0.15, -0.1) is 0 Å². The average Bonchev–Trinajstić information content (AvgIpc) is 3.12. The third-order valence-corrected chi connectivity index (χ3v) is 3.93. The van der Waals surface area contributed by atoms with Crippen LogP contribution in [0.3, 0.4) is 0 Å². The van der Waals surface area contributed by atoms with Crippen LogP contribution in [-0.4, -0.2) is 18.9 Å². The van der Waals surface area contributed by atoms with Crippen molar-refractivity contribution in [1.82, 2.24) is 18.9 Å². The molecule has 5 heterocycles. The molecule has 1 aliphatic rings. The van der Waals surface area contributed by atoms with E-state index < -0.39 is 6.98 Å². The fraction of sp³-hybridized carbons (Fsp3) is 0.133. The minimum absolute atomic E-state index is 0.569. The summed E-state index contributed by atoms with van der Waals surface area (Å²) in [6.07, 6.45) is 7.02. The van der Waals surface area contributed by atoms with Gasteiger partial charge in [0, 0.05) is 12.3 Å². The van der Waals surface area contributed by atoms with Crippen molar-refractivity contribution < 1.29 is 8.68 Å². The van der Waals surface area contributed by atoms with Crippen LogP contribution < -0.4 is 4.57 Å². The first-order chi connectivity index (χ1) is 11.1. The lowest BCUT2D eigenvalue weighted by molar-refractivity contribution is -0.648. The van der Waals surface area contributed by atoms with E-state index in [0.717, 1.165) is 22.4 Å². The predicted molar refractivity (Wildman–Crippen MR) is 74.2 cm³/mol. The number of aromatic nitrogens is 5. The van der Waals surface area contributed by atoms with Gasteiger partial charge in [-0.05, 0) is 12.1 Å². The van der Waals surface area contributed by atoms with Gasteiger partial charge >= 0.3 is 0 Å². The number of aryl methyl sites for hydroxylation is 1. The van der Waals surface area contributed by atoms with E-state index in [-0.39, 0.29) is 0 Å². The van der Waals surface area contributed by atoms with E-state index in [1.165, 1.54) is 4.57 Å². The van der Waals surface area contributed by atoms with Crippen molar-refractivity contribution in [3.05, 3.63) is 48.7 Å². The maximum Gasteiger partial charge on any atom is 0.273 e. The Kier molecular flexibility index (Phi) is 1.27. The van der Waals surface area contributed by atoms with Gasteiger partial charge in [-0.2, -0.15) is 0 Å². The molecule has 4 aromatic rings. The van der Waals surface area contributed by atoms with E-state index in [0.29, 0.717) is 17.9 Å². The van der Waals surface area contributed by atoms with Crippen molar-refractivity contribution in [1.29, 1.82) is 0 Å². The summed E-state index contributed by atoms with van der Waals surface area (Å²) in [5.41, 5.74) is 4.18. The quantitative estimate of drug-likeness (QED) is 0.398. The molecule has 0 saturated carbocycles. The van der Waals surface area contributed by atoms with E-state index in [1.807, 2.05) is 33.4 Å². The highest BCUT2D eigenvalue weighted by Gasteiger charge is 2.33. The fourth-order valence-corrected chi connectivity index (χ4v) is 3.10. The van der Waals surface area contributed by atoms with Crippen LogP contribution in [0.4, 0.5) is 0 Å². The molecule has 5 nitrogen and oxygen atoms in total. The van der Waals surface area contributed by atoms with Gasteiger partial charge in [0.1, 0.15) is 12.1 Å². The zero-order valence-corrected chi connectivity index (χ0v) is 10.5. The van der Waals surface area contributed by atoms with Crippen LogP contribution in [0.2, 0.25) is 0 Å². The molecule has 0 amide bonds. The zero-order valence-electron chi connectivity index (χ0n) is 13.5. The Labute approximate surface area is 119 Å². The summed E-state index contributed by atoms with van der Waals surface area (Å²) in [4.78, 5) is 8.52. The first-order valence-corrected chi connectivity index (χ1v) is 6.40. The fourth-order valence-electron chi connectivity index (χ4n) is 3.10. The van der Waals surface area contributed by atoms with Crippen molar-refractivity contribution in [2.24, 2.45) is 6.98 Å². The molecule has 96 valence electrons. The topological polar surface area (TPSA) is 39.0 Å². The molecule has 0 atom stereocenters. The van der Waals surface area contributed by atoms with Gasteiger partial charge in [0.25, 0.3) is 5.65 Å². The molecule has 0 unspecified atom stereocenters. The van der Waals surface area contributed by atoms with Crippen LogP contribution in [0, 0.1) is 0 Å². The summed E-state index contributed by atoms with van der Waals surface area (Å²) >= 11 is 0. The Morgan fingerprint density at radius 1 is 1.40 bits per heavy atom. The van der Waals surface area contributed by atoms with Crippen LogP contribution in [-0.2, 0) is 13.5 Å². The Bertz CT molecular complexity index is 1090. The van der Waals surface area contributed by atoms with E-state index in [9.17, 15) is 0 Å². The molecule has 0 spiro atoms. The summed E-state index contributed by atoms with van der Waals surface area (Å²) in [5.74, 6) is 0.685. The lowest BCUT2D eigenvalue weighted by atomic mass is 10.2. The van der Waals surface area contributed by atoms with Crippen molar-refractivity contribution in [2.45, 2.75) is 6.54 Å². The number of hydrogen-bond acceptors (Lipinski definition) is 2. The normalized spacial score (nSPS) is 15.9. The minimum Gasteiger partial charge on any atom is -0.258 e. The largest absolute Gasteiger partial charge is 0.273 e. The Morgan fingerprint density at radius 2 is 2.40 bits per heavy atom. The number of imidazole rings is 1. The van der Waals surface area contributed by atoms with Gasteiger partial charge in [-0.3, -0.25) is 14.5 Å². The molecule has 0 aromatic carbocycles. The summed E-state index contributed by atoms with van der Waals surface area (Å²) < 4.78 is 29.4. The summed E-state index contributed by atoms with van der Waals surface area (Å²) in [5, 5.41) is 0. The zero-order chi connectivity index (χ0) is 15.8. The first kappa shape index (κ1) is 7.79. The van der Waals surface area contributed by atoms with Gasteiger partial charge in [0.2, 0.25) is 5.82 Å². The lowest BCUT2D eigenvalue weighted by Crippen LogP contribution is -2.32.